The van der Waals surface area contributed by atoms with Crippen molar-refractivity contribution in [2.45, 2.75) is 255 Å². The highest BCUT2D eigenvalue weighted by atomic mass is 16.5. The molecule has 5 aromatic heterocycles. The Morgan fingerprint density at radius 2 is 0.500 bits per heavy atom. The molecule has 10 fully saturated rings. The number of aromatic nitrogens is 5. The Hall–Kier alpha value is -10.6. The highest BCUT2D eigenvalue weighted by molar-refractivity contribution is 5.54. The number of hydrogen-bond acceptors (Lipinski definition) is 25. The number of nitrogens with one attached hydrogen (secondary N) is 5. The third-order valence-electron chi connectivity index (χ3n) is 30.0. The minimum absolute atomic E-state index is 0.484. The Morgan fingerprint density at radius 1 is 0.240 bits per heavy atom. The van der Waals surface area contributed by atoms with Gasteiger partial charge in [-0.15, -0.1) is 0 Å². The number of pyridine rings is 5. The van der Waals surface area contributed by atoms with Crippen LogP contribution in [0.1, 0.15) is 208 Å². The fourth-order valence-electron chi connectivity index (χ4n) is 21.7. The molecule has 0 amide bonds. The molecular formula is C121H167N15O10. The lowest BCUT2D eigenvalue weighted by Crippen LogP contribution is -2.46. The summed E-state index contributed by atoms with van der Waals surface area (Å²) < 4.78 is 59.1. The maximum atomic E-state index is 6.02. The van der Waals surface area contributed by atoms with Crippen molar-refractivity contribution in [2.75, 3.05) is 176 Å². The first-order chi connectivity index (χ1) is 72.4. The Morgan fingerprint density at radius 3 is 0.788 bits per heavy atom. The predicted octanol–water partition coefficient (Wildman–Crippen LogP) is 20.9. The first-order valence-electron chi connectivity index (χ1n) is 55.8. The monoisotopic (exact) mass is 1990 g/mol. The molecule has 0 saturated carbocycles. The number of ether oxygens (including phenoxy) is 10. The van der Waals surface area contributed by atoms with Crippen LogP contribution < -0.4 is 74.8 Å². The van der Waals surface area contributed by atoms with E-state index in [-0.39, 0.29) is 0 Å². The van der Waals surface area contributed by atoms with Crippen molar-refractivity contribution >= 4 is 28.4 Å². The van der Waals surface area contributed by atoms with Crippen LogP contribution in [-0.4, -0.2) is 218 Å². The zero-order valence-corrected chi connectivity index (χ0v) is 87.0. The van der Waals surface area contributed by atoms with Crippen LogP contribution in [0, 0.1) is 17.8 Å². The summed E-state index contributed by atoms with van der Waals surface area (Å²) in [7, 11) is 0. The summed E-state index contributed by atoms with van der Waals surface area (Å²) in [5, 5.41) is 17.4. The average Bonchev–Trinajstić information content (AvgIpc) is 1.41. The second-order valence-corrected chi connectivity index (χ2v) is 41.5. The van der Waals surface area contributed by atoms with Gasteiger partial charge >= 0.3 is 0 Å². The molecule has 5 N–H and O–H groups in total. The lowest BCUT2D eigenvalue weighted by atomic mass is 9.94. The quantitative estimate of drug-likeness (QED) is 0.0223. The number of rotatable bonds is 52. The molecule has 0 spiro atoms. The Kier molecular flexibility index (Phi) is 46.4. The summed E-state index contributed by atoms with van der Waals surface area (Å²) in [6.07, 6.45) is 52.9. The first kappa shape index (κ1) is 108. The molecule has 0 aliphatic carbocycles. The van der Waals surface area contributed by atoms with Crippen LogP contribution >= 0.6 is 0 Å². The molecule has 20 rings (SSSR count). The largest absolute Gasteiger partial charge is 0.490 e. The van der Waals surface area contributed by atoms with E-state index in [2.05, 4.69) is 228 Å². The summed E-state index contributed by atoms with van der Waals surface area (Å²) >= 11 is 0. The summed E-state index contributed by atoms with van der Waals surface area (Å²) in [6, 6.07) is 66.4. The standard InChI is InChI=1S/2C25H35N3O2.2C24H33N3O2.C23H31N3O2/c2*1-2-8-21(9-3-1)19-29-15-5-4-11-23-12-7-14-28(23)24-16-25(18-26-17-24)30-20-22-10-6-13-27-22;2*1-2-6-21(7-3-1)18-28-13-5-8-20-10-12-27(17-20)23-14-24(16-25-15-23)29-19-22-9-4-11-26-22;1-2-6-19(7-3-1)17-27-11-5-8-20-15-26(16-20)22-12-23(14-24-13-22)28-18-21-9-4-10-25-21/h2*1-3,8-9,16-18,22-23,27H,4-7,10-15,19-20H2;2*1-3,6-7,14-16,20,22,26H,4-5,8-13,17-19H2;1-3,6-7,12-14,20-21,25H,4-5,8-11,15-18H2/t22-,23+;22-,23-;20-,22+;20-,22-;21-/m00100/s1. The number of benzene rings is 5. The van der Waals surface area contributed by atoms with Crippen LogP contribution in [0.3, 0.4) is 0 Å². The van der Waals surface area contributed by atoms with Crippen molar-refractivity contribution in [3.63, 3.8) is 0 Å². The highest BCUT2D eigenvalue weighted by Gasteiger charge is 2.32. The van der Waals surface area contributed by atoms with Crippen LogP contribution in [-0.2, 0) is 56.7 Å². The second kappa shape index (κ2) is 62.7. The predicted molar refractivity (Wildman–Crippen MR) is 587 cm³/mol. The van der Waals surface area contributed by atoms with Gasteiger partial charge in [-0.3, -0.25) is 24.9 Å². The Labute approximate surface area is 871 Å². The third-order valence-corrected chi connectivity index (χ3v) is 30.0. The fourth-order valence-corrected chi connectivity index (χ4v) is 21.7. The van der Waals surface area contributed by atoms with E-state index < -0.39 is 0 Å². The molecule has 25 heteroatoms. The van der Waals surface area contributed by atoms with Gasteiger partial charge in [-0.2, -0.15) is 0 Å². The normalized spacial score (nSPS) is 21.1. The van der Waals surface area contributed by atoms with Gasteiger partial charge in [0, 0.05) is 158 Å². The summed E-state index contributed by atoms with van der Waals surface area (Å²) in [5.41, 5.74) is 12.2. The average molecular weight is 1990 g/mol. The van der Waals surface area contributed by atoms with Crippen LogP contribution in [0.15, 0.2) is 244 Å². The molecule has 0 radical (unpaired) electrons. The molecule has 786 valence electrons. The molecule has 25 nitrogen and oxygen atoms in total. The fraction of sp³-hybridized carbons (Fsp3) is 0.545. The van der Waals surface area contributed by atoms with Gasteiger partial charge in [0.25, 0.3) is 0 Å². The molecule has 10 aromatic rings. The van der Waals surface area contributed by atoms with Gasteiger partial charge in [-0.05, 0) is 258 Å². The van der Waals surface area contributed by atoms with Crippen molar-refractivity contribution in [2.24, 2.45) is 17.8 Å². The van der Waals surface area contributed by atoms with Crippen molar-refractivity contribution in [3.05, 3.63) is 272 Å². The van der Waals surface area contributed by atoms with E-state index in [1.54, 1.807) is 0 Å². The zero-order valence-electron chi connectivity index (χ0n) is 87.0. The molecule has 10 saturated heterocycles. The van der Waals surface area contributed by atoms with E-state index in [9.17, 15) is 0 Å². The number of nitrogens with zero attached hydrogens (tertiary/aromatic N) is 10. The van der Waals surface area contributed by atoms with Crippen LogP contribution in [0.5, 0.6) is 28.7 Å². The van der Waals surface area contributed by atoms with E-state index in [4.69, 9.17) is 47.4 Å². The molecule has 5 aromatic carbocycles. The van der Waals surface area contributed by atoms with E-state index in [0.29, 0.717) is 75.3 Å². The maximum absolute atomic E-state index is 6.02. The van der Waals surface area contributed by atoms with E-state index >= 15 is 0 Å². The summed E-state index contributed by atoms with van der Waals surface area (Å²) in [5.74, 6) is 6.66. The van der Waals surface area contributed by atoms with E-state index in [1.807, 2.05) is 92.3 Å². The molecule has 15 heterocycles. The van der Waals surface area contributed by atoms with Crippen LogP contribution in [0.25, 0.3) is 0 Å². The van der Waals surface area contributed by atoms with Crippen LogP contribution in [0.4, 0.5) is 28.4 Å². The number of anilines is 5. The highest BCUT2D eigenvalue weighted by Crippen LogP contribution is 2.37. The zero-order chi connectivity index (χ0) is 99.3. The van der Waals surface area contributed by atoms with Gasteiger partial charge in [0.05, 0.1) is 123 Å². The molecule has 10 aliphatic rings. The lowest BCUT2D eigenvalue weighted by Gasteiger charge is -2.41. The van der Waals surface area contributed by atoms with Gasteiger partial charge in [-0.25, -0.2) is 0 Å². The van der Waals surface area contributed by atoms with Gasteiger partial charge in [0.2, 0.25) is 0 Å². The van der Waals surface area contributed by atoms with Gasteiger partial charge in [0.1, 0.15) is 61.8 Å². The third kappa shape index (κ3) is 38.2. The molecular weight excluding hydrogens is 1820 g/mol. The van der Waals surface area contributed by atoms with Crippen molar-refractivity contribution in [3.8, 4) is 28.7 Å². The second-order valence-electron chi connectivity index (χ2n) is 41.5. The topological polar surface area (TPSA) is 233 Å². The van der Waals surface area contributed by atoms with Gasteiger partial charge < -0.3 is 98.5 Å². The molecule has 0 unspecified atom stereocenters. The van der Waals surface area contributed by atoms with Gasteiger partial charge in [0.15, 0.2) is 0 Å². The van der Waals surface area contributed by atoms with Gasteiger partial charge in [-0.1, -0.05) is 152 Å². The first-order valence-corrected chi connectivity index (χ1v) is 55.8. The van der Waals surface area contributed by atoms with E-state index in [0.717, 1.165) is 230 Å². The van der Waals surface area contributed by atoms with Crippen molar-refractivity contribution in [1.29, 1.82) is 0 Å². The number of hydrogen-bond donors (Lipinski definition) is 5. The Bertz CT molecular complexity index is 4900. The smallest absolute Gasteiger partial charge is 0.139 e. The molecule has 10 aliphatic heterocycles. The summed E-state index contributed by atoms with van der Waals surface area (Å²) in [4.78, 5) is 34.4. The van der Waals surface area contributed by atoms with Crippen molar-refractivity contribution in [1.82, 2.24) is 51.5 Å². The number of unbranched alkanes of at least 4 members (excludes halogenated alkanes) is 2. The lowest BCUT2D eigenvalue weighted by molar-refractivity contribution is 0.112. The minimum atomic E-state index is 0.484. The molecule has 0 bridgehead atoms. The maximum Gasteiger partial charge on any atom is 0.139 e. The van der Waals surface area contributed by atoms with Crippen molar-refractivity contribution < 1.29 is 47.4 Å². The summed E-state index contributed by atoms with van der Waals surface area (Å²) in [6.45, 7) is 25.8. The van der Waals surface area contributed by atoms with Crippen LogP contribution in [0.2, 0.25) is 0 Å². The SMILES string of the molecule is c1ccc(COCCCC2CN(c3cncc(OC[C@@H]4CCCN4)c3)C2)cc1.c1ccc(COCCCC[C@@H]2CCCN2c2cncc(OC[C@@H]3CCCN3)c2)cc1.c1ccc(COCCCC[C@H]2CCCN2c2cncc(OC[C@@H]3CCCN3)c2)cc1.c1ccc(COCCC[C@@H]2CCN(c3cncc(OC[C@@H]4CCCN4)c3)C2)cc1.c1ccc(COCCC[C@H]2CCN(c3cncc(OC[C@@H]4CCCN4)c3)C2)cc1. The Balaban J connectivity index is 0.000000131. The minimum Gasteiger partial charge on any atom is -0.490 e. The van der Waals surface area contributed by atoms with E-state index in [1.165, 1.54) is 204 Å². The molecule has 9 atom stereocenters. The molecule has 146 heavy (non-hydrogen) atoms.